The number of nitrogens with two attached hydrogens (primary N) is 1. The number of rotatable bonds is 15. The molecule has 3 aromatic carbocycles. The van der Waals surface area contributed by atoms with Crippen LogP contribution in [0, 0.1) is 0 Å². The lowest BCUT2D eigenvalue weighted by molar-refractivity contribution is -0.139. The van der Waals surface area contributed by atoms with Crippen LogP contribution >= 0.6 is 12.2 Å². The molecule has 1 aliphatic heterocycles. The number of aromatic carboxylic acids is 1. The largest absolute Gasteiger partial charge is 0.508 e. The first-order chi connectivity index (χ1) is 30.2. The van der Waals surface area contributed by atoms with E-state index >= 15 is 0 Å². The van der Waals surface area contributed by atoms with Crippen molar-refractivity contribution in [1.82, 2.24) is 35.9 Å². The van der Waals surface area contributed by atoms with E-state index in [4.69, 9.17) is 22.4 Å². The number of aromatic amines is 1. The number of carboxylic acids is 2. The van der Waals surface area contributed by atoms with E-state index in [1.54, 1.807) is 36.4 Å². The zero-order valence-electron chi connectivity index (χ0n) is 32.7. The molecule has 0 unspecified atom stereocenters. The van der Waals surface area contributed by atoms with E-state index in [1.165, 1.54) is 48.7 Å². The summed E-state index contributed by atoms with van der Waals surface area (Å²) in [7, 11) is 0. The molecule has 0 saturated heterocycles. The number of thiocarbonyl (C=S) groups is 1. The van der Waals surface area contributed by atoms with E-state index in [1.807, 2.05) is 0 Å². The third-order valence-corrected chi connectivity index (χ3v) is 9.80. The van der Waals surface area contributed by atoms with Gasteiger partial charge in [-0.25, -0.2) is 19.6 Å². The van der Waals surface area contributed by atoms with Gasteiger partial charge in [0.25, 0.3) is 11.5 Å². The number of anilines is 3. The molecule has 0 bridgehead atoms. The van der Waals surface area contributed by atoms with Crippen LogP contribution in [0.3, 0.4) is 0 Å². The smallest absolute Gasteiger partial charge is 0.336 e. The monoisotopic (exact) mass is 872 g/mol. The van der Waals surface area contributed by atoms with Gasteiger partial charge in [-0.05, 0) is 84.9 Å². The van der Waals surface area contributed by atoms with Gasteiger partial charge in [-0.3, -0.25) is 24.2 Å². The fraction of sp³-hybridized carbons (Fsp3) is 0.143. The van der Waals surface area contributed by atoms with Crippen molar-refractivity contribution in [2.24, 2.45) is 0 Å². The van der Waals surface area contributed by atoms with Crippen LogP contribution in [0.2, 0.25) is 0 Å². The summed E-state index contributed by atoms with van der Waals surface area (Å²) in [6.45, 7) is 0.451. The Morgan fingerprint density at radius 2 is 1.62 bits per heavy atom. The van der Waals surface area contributed by atoms with Gasteiger partial charge in [-0.1, -0.05) is 6.07 Å². The van der Waals surface area contributed by atoms with Crippen LogP contribution in [0.5, 0.6) is 5.75 Å². The van der Waals surface area contributed by atoms with Gasteiger partial charge in [-0.2, -0.15) is 4.98 Å². The number of nitrogens with one attached hydrogen (secondary N) is 6. The van der Waals surface area contributed by atoms with Gasteiger partial charge in [0.05, 0.1) is 24.0 Å². The van der Waals surface area contributed by atoms with E-state index in [2.05, 4.69) is 46.5 Å². The van der Waals surface area contributed by atoms with Crippen LogP contribution in [0.1, 0.15) is 39.3 Å². The number of aromatic nitrogens is 4. The Morgan fingerprint density at radius 1 is 0.873 bits per heavy atom. The molecule has 1 atom stereocenters. The van der Waals surface area contributed by atoms with E-state index < -0.39 is 35.4 Å². The summed E-state index contributed by atoms with van der Waals surface area (Å²) in [5, 5.41) is 44.7. The van der Waals surface area contributed by atoms with Gasteiger partial charge in [0.1, 0.15) is 23.1 Å². The number of hydrogen-bond acceptors (Lipinski definition) is 14. The molecule has 1 aliphatic carbocycles. The molecular weight excluding hydrogens is 837 g/mol. The van der Waals surface area contributed by atoms with Gasteiger partial charge in [0.2, 0.25) is 11.9 Å². The summed E-state index contributed by atoms with van der Waals surface area (Å²) in [6, 6.07) is 18.1. The minimum absolute atomic E-state index is 0.0321. The SMILES string of the molecule is Nc1nc2ncc(CNc3ccc(C(=O)N[C@@H](CCC(=O)NCCNC(=S)Nc4ccc(-c5c6ccc(=O)cc-6oc6cc(O)ccc56)c(C(=O)O)c4)C(=O)O)cc3)nc2c(=O)[nH]1. The molecule has 0 fully saturated rings. The zero-order valence-corrected chi connectivity index (χ0v) is 33.5. The molecule has 2 aliphatic rings. The highest BCUT2D eigenvalue weighted by Gasteiger charge is 2.24. The highest BCUT2D eigenvalue weighted by molar-refractivity contribution is 7.80. The second-order valence-corrected chi connectivity index (χ2v) is 14.3. The Bertz CT molecular complexity index is 3030. The molecule has 0 spiro atoms. The lowest BCUT2D eigenvalue weighted by Gasteiger charge is -2.18. The molecule has 2 amide bonds. The van der Waals surface area contributed by atoms with E-state index in [0.717, 1.165) is 0 Å². The van der Waals surface area contributed by atoms with Crippen molar-refractivity contribution in [3.8, 4) is 28.2 Å². The molecular formula is C42H36N10O10S. The molecule has 5 aromatic rings. The minimum atomic E-state index is -1.36. The maximum Gasteiger partial charge on any atom is 0.336 e. The van der Waals surface area contributed by atoms with Crippen molar-refractivity contribution < 1.29 is 38.9 Å². The fourth-order valence-electron chi connectivity index (χ4n) is 6.57. The number of fused-ring (bicyclic) bond motifs is 3. The third-order valence-electron chi connectivity index (χ3n) is 9.56. The number of benzene rings is 4. The standard InChI is InChI=1S/C42H36N10O10S/c43-41-51-36-35(38(57)52-41)48-23(19-47-36)18-46-21-3-1-20(2-4-21)37(56)50-30(40(60)61)11-12-33(55)44-13-14-45-42(63)49-22-5-8-26(29(15-22)39(58)59)34-27-9-6-24(53)16-31(27)62-32-17-25(54)7-10-28(32)34/h1-10,15-17,19,30,46,53H,11-14,18H2,(H,44,55)(H,50,56)(H,58,59)(H,60,61)(H2,45,49,63)(H3,43,47,51,52,57)/t30-/m0/s1. The van der Waals surface area contributed by atoms with Crippen LogP contribution in [0.4, 0.5) is 17.3 Å². The Kier molecular flexibility index (Phi) is 12.5. The maximum atomic E-state index is 12.9. The van der Waals surface area contributed by atoms with Gasteiger partial charge in [-0.15, -0.1) is 0 Å². The number of H-pyrrole nitrogens is 1. The number of carbonyl (C=O) groups is 4. The number of phenols is 1. The number of carboxylic acid groups (broad SMARTS) is 2. The van der Waals surface area contributed by atoms with Gasteiger partial charge in [0.15, 0.2) is 21.7 Å². The quantitative estimate of drug-likeness (QED) is 0.0401. The number of carbonyl (C=O) groups excluding carboxylic acids is 2. The summed E-state index contributed by atoms with van der Waals surface area (Å²) in [6.07, 6.45) is 1.04. The van der Waals surface area contributed by atoms with Crippen LogP contribution < -0.4 is 43.3 Å². The molecule has 7 rings (SSSR count). The summed E-state index contributed by atoms with van der Waals surface area (Å²) < 4.78 is 5.88. The molecule has 63 heavy (non-hydrogen) atoms. The van der Waals surface area contributed by atoms with Crippen LogP contribution in [-0.4, -0.2) is 83.3 Å². The van der Waals surface area contributed by atoms with Crippen molar-refractivity contribution in [2.75, 3.05) is 29.5 Å². The number of amides is 2. The molecule has 2 aromatic heterocycles. The zero-order chi connectivity index (χ0) is 44.8. The molecule has 0 saturated carbocycles. The van der Waals surface area contributed by atoms with E-state index in [9.17, 15) is 44.1 Å². The molecule has 0 radical (unpaired) electrons. The summed E-state index contributed by atoms with van der Waals surface area (Å²) >= 11 is 5.38. The lowest BCUT2D eigenvalue weighted by atomic mass is 9.90. The number of nitrogen functional groups attached to an aromatic ring is 1. The van der Waals surface area contributed by atoms with Crippen LogP contribution in [-0.2, 0) is 16.1 Å². The van der Waals surface area contributed by atoms with Crippen molar-refractivity contribution in [3.05, 3.63) is 122 Å². The molecule has 20 nitrogen and oxygen atoms in total. The van der Waals surface area contributed by atoms with Gasteiger partial charge < -0.3 is 52.1 Å². The van der Waals surface area contributed by atoms with Gasteiger partial charge in [0, 0.05) is 65.1 Å². The average Bonchev–Trinajstić information content (AvgIpc) is 3.25. The normalized spacial score (nSPS) is 11.5. The predicted molar refractivity (Wildman–Crippen MR) is 235 cm³/mol. The first-order valence-corrected chi connectivity index (χ1v) is 19.4. The van der Waals surface area contributed by atoms with Crippen LogP contribution in [0.15, 0.2) is 99.1 Å². The second kappa shape index (κ2) is 18.4. The number of phenolic OH excluding ortho intramolecular Hbond substituents is 1. The average molecular weight is 873 g/mol. The first-order valence-electron chi connectivity index (χ1n) is 19.0. The number of aliphatic carboxylic acids is 1. The minimum Gasteiger partial charge on any atom is -0.508 e. The van der Waals surface area contributed by atoms with E-state index in [0.29, 0.717) is 39.1 Å². The lowest BCUT2D eigenvalue weighted by Crippen LogP contribution is -2.42. The molecule has 11 N–H and O–H groups in total. The second-order valence-electron chi connectivity index (χ2n) is 13.9. The first kappa shape index (κ1) is 42.7. The number of aromatic hydroxyl groups is 1. The third kappa shape index (κ3) is 10.1. The number of hydrogen-bond donors (Lipinski definition) is 10. The topological polar surface area (TPSA) is 317 Å². The van der Waals surface area contributed by atoms with Crippen molar-refractivity contribution in [3.63, 3.8) is 0 Å². The number of nitrogens with zero attached hydrogens (tertiary/aromatic N) is 3. The predicted octanol–water partition coefficient (Wildman–Crippen LogP) is 3.26. The van der Waals surface area contributed by atoms with Crippen molar-refractivity contribution >= 4 is 80.5 Å². The summed E-state index contributed by atoms with van der Waals surface area (Å²) in [4.78, 5) is 88.9. The van der Waals surface area contributed by atoms with Crippen molar-refractivity contribution in [2.45, 2.75) is 25.4 Å². The highest BCUT2D eigenvalue weighted by atomic mass is 32.1. The van der Waals surface area contributed by atoms with E-state index in [-0.39, 0.29) is 88.3 Å². The Morgan fingerprint density at radius 3 is 2.38 bits per heavy atom. The highest BCUT2D eigenvalue weighted by Crippen LogP contribution is 2.42. The van der Waals surface area contributed by atoms with Gasteiger partial charge >= 0.3 is 11.9 Å². The van der Waals surface area contributed by atoms with Crippen LogP contribution in [0.25, 0.3) is 44.6 Å². The molecule has 21 heteroatoms. The Labute approximate surface area is 359 Å². The Balaban J connectivity index is 0.874. The molecule has 320 valence electrons. The Hall–Kier alpha value is -8.46. The summed E-state index contributed by atoms with van der Waals surface area (Å²) in [5.74, 6) is -3.61. The summed E-state index contributed by atoms with van der Waals surface area (Å²) in [5.41, 5.74) is 7.90. The maximum absolute atomic E-state index is 12.9. The fourth-order valence-corrected chi connectivity index (χ4v) is 6.79. The molecule has 3 heterocycles. The van der Waals surface area contributed by atoms with Crippen molar-refractivity contribution in [1.29, 1.82) is 0 Å².